The van der Waals surface area contributed by atoms with Gasteiger partial charge in [-0.25, -0.2) is 4.98 Å². The lowest BCUT2D eigenvalue weighted by atomic mass is 10.1. The third-order valence-electron chi connectivity index (χ3n) is 3.95. The molecule has 1 heterocycles. The molecule has 0 aliphatic heterocycles. The lowest BCUT2D eigenvalue weighted by molar-refractivity contribution is -0.115. The van der Waals surface area contributed by atoms with E-state index in [4.69, 9.17) is 4.74 Å². The van der Waals surface area contributed by atoms with E-state index >= 15 is 0 Å². The second-order valence-electron chi connectivity index (χ2n) is 5.88. The smallest absolute Gasteiger partial charge is 0.230 e. The first kappa shape index (κ1) is 18.1. The van der Waals surface area contributed by atoms with Crippen molar-refractivity contribution in [3.05, 3.63) is 65.2 Å². The summed E-state index contributed by atoms with van der Waals surface area (Å²) in [5.74, 6) is 0.791. The van der Waals surface area contributed by atoms with E-state index in [0.29, 0.717) is 6.61 Å². The fourth-order valence-corrected chi connectivity index (χ4v) is 3.40. The average Bonchev–Trinajstić information content (AvgIpc) is 3.11. The molecule has 0 atom stereocenters. The quantitative estimate of drug-likeness (QED) is 0.643. The van der Waals surface area contributed by atoms with Gasteiger partial charge in [-0.3, -0.25) is 4.79 Å². The molecule has 1 aromatic heterocycles. The van der Waals surface area contributed by atoms with Gasteiger partial charge in [0.25, 0.3) is 0 Å². The standard InChI is InChI=1S/C21H22N2O2S/c1-3-15-5-9-17(10-6-15)22-20(24)13-18-14-26-21(23-18)16-7-11-19(12-8-16)25-4-2/h5-12,14H,3-4,13H2,1-2H3,(H,22,24). The Hall–Kier alpha value is -2.66. The van der Waals surface area contributed by atoms with Gasteiger partial charge in [-0.05, 0) is 55.3 Å². The second kappa shape index (κ2) is 8.63. The Labute approximate surface area is 157 Å². The number of thiazole rings is 1. The number of aromatic nitrogens is 1. The SMILES string of the molecule is CCOc1ccc(-c2nc(CC(=O)Nc3ccc(CC)cc3)cs2)cc1. The minimum absolute atomic E-state index is 0.0576. The molecule has 0 spiro atoms. The van der Waals surface area contributed by atoms with Crippen molar-refractivity contribution in [2.75, 3.05) is 11.9 Å². The van der Waals surface area contributed by atoms with E-state index in [-0.39, 0.29) is 12.3 Å². The lowest BCUT2D eigenvalue weighted by Crippen LogP contribution is -2.14. The van der Waals surface area contributed by atoms with Gasteiger partial charge < -0.3 is 10.1 Å². The number of rotatable bonds is 7. The van der Waals surface area contributed by atoms with Crippen molar-refractivity contribution in [2.45, 2.75) is 26.7 Å². The molecule has 3 aromatic rings. The van der Waals surface area contributed by atoms with E-state index in [1.807, 2.05) is 60.8 Å². The number of amides is 1. The molecular formula is C21H22N2O2S. The van der Waals surface area contributed by atoms with Gasteiger partial charge >= 0.3 is 0 Å². The Morgan fingerprint density at radius 3 is 2.46 bits per heavy atom. The van der Waals surface area contributed by atoms with Crippen molar-refractivity contribution in [1.29, 1.82) is 0 Å². The van der Waals surface area contributed by atoms with Crippen molar-refractivity contribution in [3.63, 3.8) is 0 Å². The van der Waals surface area contributed by atoms with Gasteiger partial charge in [0.2, 0.25) is 5.91 Å². The fraction of sp³-hybridized carbons (Fsp3) is 0.238. The van der Waals surface area contributed by atoms with Gasteiger partial charge in [0, 0.05) is 16.6 Å². The minimum atomic E-state index is -0.0576. The summed E-state index contributed by atoms with van der Waals surface area (Å²) in [5, 5.41) is 5.76. The normalized spacial score (nSPS) is 10.5. The van der Waals surface area contributed by atoms with Crippen LogP contribution in [0.4, 0.5) is 5.69 Å². The van der Waals surface area contributed by atoms with Gasteiger partial charge in [0.05, 0.1) is 18.7 Å². The van der Waals surface area contributed by atoms with Crippen LogP contribution in [0.3, 0.4) is 0 Å². The highest BCUT2D eigenvalue weighted by Gasteiger charge is 2.10. The van der Waals surface area contributed by atoms with Crippen LogP contribution in [-0.2, 0) is 17.6 Å². The van der Waals surface area contributed by atoms with Crippen molar-refractivity contribution < 1.29 is 9.53 Å². The largest absolute Gasteiger partial charge is 0.494 e. The van der Waals surface area contributed by atoms with Gasteiger partial charge in [0.15, 0.2) is 0 Å². The number of nitrogens with zero attached hydrogens (tertiary/aromatic N) is 1. The van der Waals surface area contributed by atoms with Crippen LogP contribution in [-0.4, -0.2) is 17.5 Å². The Bertz CT molecular complexity index is 854. The predicted octanol–water partition coefficient (Wildman–Crippen LogP) is 4.95. The van der Waals surface area contributed by atoms with Gasteiger partial charge in [-0.1, -0.05) is 19.1 Å². The zero-order chi connectivity index (χ0) is 18.4. The molecule has 0 aliphatic rings. The Morgan fingerprint density at radius 2 is 1.81 bits per heavy atom. The number of hydrogen-bond donors (Lipinski definition) is 1. The summed E-state index contributed by atoms with van der Waals surface area (Å²) >= 11 is 1.54. The molecule has 5 heteroatoms. The van der Waals surface area contributed by atoms with Crippen LogP contribution in [0.25, 0.3) is 10.6 Å². The van der Waals surface area contributed by atoms with E-state index in [1.54, 1.807) is 11.3 Å². The molecule has 0 fully saturated rings. The molecule has 0 saturated carbocycles. The van der Waals surface area contributed by atoms with Crippen LogP contribution >= 0.6 is 11.3 Å². The van der Waals surface area contributed by atoms with Crippen LogP contribution in [0.2, 0.25) is 0 Å². The highest BCUT2D eigenvalue weighted by molar-refractivity contribution is 7.13. The topological polar surface area (TPSA) is 51.2 Å². The van der Waals surface area contributed by atoms with E-state index in [2.05, 4.69) is 17.2 Å². The monoisotopic (exact) mass is 366 g/mol. The number of carbonyl (C=O) groups excluding carboxylic acids is 1. The molecule has 0 saturated heterocycles. The lowest BCUT2D eigenvalue weighted by Gasteiger charge is -2.05. The summed E-state index contributed by atoms with van der Waals surface area (Å²) in [6, 6.07) is 15.8. The summed E-state index contributed by atoms with van der Waals surface area (Å²) in [4.78, 5) is 16.8. The minimum Gasteiger partial charge on any atom is -0.494 e. The van der Waals surface area contributed by atoms with Crippen LogP contribution in [0.5, 0.6) is 5.75 Å². The molecule has 26 heavy (non-hydrogen) atoms. The Kier molecular flexibility index (Phi) is 6.02. The fourth-order valence-electron chi connectivity index (χ4n) is 2.57. The van der Waals surface area contributed by atoms with Gasteiger partial charge in [-0.2, -0.15) is 0 Å². The molecular weight excluding hydrogens is 344 g/mol. The summed E-state index contributed by atoms with van der Waals surface area (Å²) in [6.45, 7) is 4.72. The van der Waals surface area contributed by atoms with Crippen LogP contribution < -0.4 is 10.1 Å². The maximum Gasteiger partial charge on any atom is 0.230 e. The first-order valence-corrected chi connectivity index (χ1v) is 9.62. The molecule has 134 valence electrons. The maximum atomic E-state index is 12.2. The summed E-state index contributed by atoms with van der Waals surface area (Å²) in [6.07, 6.45) is 1.25. The van der Waals surface area contributed by atoms with Crippen molar-refractivity contribution in [1.82, 2.24) is 4.98 Å². The van der Waals surface area contributed by atoms with E-state index in [9.17, 15) is 4.79 Å². The highest BCUT2D eigenvalue weighted by Crippen LogP contribution is 2.26. The van der Waals surface area contributed by atoms with E-state index in [0.717, 1.165) is 34.1 Å². The molecule has 2 aromatic carbocycles. The number of nitrogens with one attached hydrogen (secondary N) is 1. The Morgan fingerprint density at radius 1 is 1.08 bits per heavy atom. The highest BCUT2D eigenvalue weighted by atomic mass is 32.1. The molecule has 3 rings (SSSR count). The second-order valence-corrected chi connectivity index (χ2v) is 6.73. The van der Waals surface area contributed by atoms with E-state index in [1.165, 1.54) is 5.56 Å². The molecule has 1 amide bonds. The van der Waals surface area contributed by atoms with Gasteiger partial charge in [-0.15, -0.1) is 11.3 Å². The third-order valence-corrected chi connectivity index (χ3v) is 4.89. The number of hydrogen-bond acceptors (Lipinski definition) is 4. The molecule has 0 radical (unpaired) electrons. The predicted molar refractivity (Wildman–Crippen MR) is 107 cm³/mol. The number of anilines is 1. The van der Waals surface area contributed by atoms with E-state index < -0.39 is 0 Å². The Balaban J connectivity index is 1.61. The van der Waals surface area contributed by atoms with Crippen LogP contribution in [0, 0.1) is 0 Å². The van der Waals surface area contributed by atoms with Crippen LogP contribution in [0.1, 0.15) is 25.1 Å². The number of benzene rings is 2. The summed E-state index contributed by atoms with van der Waals surface area (Å²) in [5.41, 5.74) is 3.87. The molecule has 0 unspecified atom stereocenters. The maximum absolute atomic E-state index is 12.2. The summed E-state index contributed by atoms with van der Waals surface area (Å²) in [7, 11) is 0. The van der Waals surface area contributed by atoms with Crippen molar-refractivity contribution in [2.24, 2.45) is 0 Å². The molecule has 1 N–H and O–H groups in total. The molecule has 0 aliphatic carbocycles. The van der Waals surface area contributed by atoms with Crippen LogP contribution in [0.15, 0.2) is 53.9 Å². The number of ether oxygens (including phenoxy) is 1. The van der Waals surface area contributed by atoms with Gasteiger partial charge in [0.1, 0.15) is 10.8 Å². The first-order chi connectivity index (χ1) is 12.7. The molecule has 0 bridgehead atoms. The number of aryl methyl sites for hydroxylation is 1. The first-order valence-electron chi connectivity index (χ1n) is 8.74. The van der Waals surface area contributed by atoms with Crippen molar-refractivity contribution in [3.8, 4) is 16.3 Å². The number of carbonyl (C=O) groups is 1. The third kappa shape index (κ3) is 4.70. The summed E-state index contributed by atoms with van der Waals surface area (Å²) < 4.78 is 5.46. The van der Waals surface area contributed by atoms with Crippen molar-refractivity contribution >= 4 is 22.9 Å². The average molecular weight is 366 g/mol. The zero-order valence-electron chi connectivity index (χ0n) is 15.0. The zero-order valence-corrected chi connectivity index (χ0v) is 15.8. The molecule has 4 nitrogen and oxygen atoms in total.